The van der Waals surface area contributed by atoms with Crippen molar-refractivity contribution in [3.8, 4) is 0 Å². The molecule has 84 valence electrons. The standard InChI is InChI=1S/C11H13BrN4/c1-8-5-11(14-7-10(8)12)13-6-9-3-4-15-16(9)2/h3-5,7H,6H2,1-2H3,(H,13,14). The number of nitrogens with zero attached hydrogens (tertiary/aromatic N) is 3. The summed E-state index contributed by atoms with van der Waals surface area (Å²) >= 11 is 3.43. The number of halogens is 1. The highest BCUT2D eigenvalue weighted by Gasteiger charge is 2.01. The van der Waals surface area contributed by atoms with Crippen LogP contribution in [0.2, 0.25) is 0 Å². The summed E-state index contributed by atoms with van der Waals surface area (Å²) in [5.74, 6) is 0.877. The van der Waals surface area contributed by atoms with Gasteiger partial charge in [0, 0.05) is 23.9 Å². The van der Waals surface area contributed by atoms with Gasteiger partial charge in [-0.3, -0.25) is 4.68 Å². The summed E-state index contributed by atoms with van der Waals surface area (Å²) in [6.45, 7) is 2.77. The molecule has 0 unspecified atom stereocenters. The second kappa shape index (κ2) is 4.65. The molecule has 0 aliphatic heterocycles. The van der Waals surface area contributed by atoms with E-state index in [0.29, 0.717) is 0 Å². The van der Waals surface area contributed by atoms with Gasteiger partial charge in [0.15, 0.2) is 0 Å². The van der Waals surface area contributed by atoms with Crippen LogP contribution in [0, 0.1) is 6.92 Å². The summed E-state index contributed by atoms with van der Waals surface area (Å²) in [5, 5.41) is 7.37. The predicted octanol–water partition coefficient (Wildman–Crippen LogP) is 2.50. The molecule has 0 atom stereocenters. The molecule has 16 heavy (non-hydrogen) atoms. The monoisotopic (exact) mass is 280 g/mol. The van der Waals surface area contributed by atoms with Crippen molar-refractivity contribution in [3.05, 3.63) is 40.3 Å². The van der Waals surface area contributed by atoms with Gasteiger partial charge in [-0.2, -0.15) is 5.10 Å². The Balaban J connectivity index is 2.05. The summed E-state index contributed by atoms with van der Waals surface area (Å²) < 4.78 is 2.87. The van der Waals surface area contributed by atoms with Crippen molar-refractivity contribution in [2.24, 2.45) is 7.05 Å². The molecule has 2 aromatic heterocycles. The van der Waals surface area contributed by atoms with Gasteiger partial charge in [0.2, 0.25) is 0 Å². The quantitative estimate of drug-likeness (QED) is 0.940. The van der Waals surface area contributed by atoms with Crippen LogP contribution in [0.15, 0.2) is 29.0 Å². The molecule has 0 fully saturated rings. The zero-order valence-electron chi connectivity index (χ0n) is 9.24. The van der Waals surface area contributed by atoms with Crippen LogP contribution >= 0.6 is 15.9 Å². The first kappa shape index (κ1) is 11.1. The summed E-state index contributed by atoms with van der Waals surface area (Å²) in [7, 11) is 1.93. The van der Waals surface area contributed by atoms with Crippen LogP contribution < -0.4 is 5.32 Å². The minimum absolute atomic E-state index is 0.727. The predicted molar refractivity (Wildman–Crippen MR) is 67.2 cm³/mol. The van der Waals surface area contributed by atoms with Gasteiger partial charge in [-0.1, -0.05) is 0 Å². The van der Waals surface area contributed by atoms with Crippen LogP contribution in [0.4, 0.5) is 5.82 Å². The van der Waals surface area contributed by atoms with Crippen molar-refractivity contribution in [2.45, 2.75) is 13.5 Å². The van der Waals surface area contributed by atoms with Crippen molar-refractivity contribution >= 4 is 21.7 Å². The number of rotatable bonds is 3. The largest absolute Gasteiger partial charge is 0.364 e. The van der Waals surface area contributed by atoms with Gasteiger partial charge in [-0.15, -0.1) is 0 Å². The van der Waals surface area contributed by atoms with Gasteiger partial charge < -0.3 is 5.32 Å². The molecule has 0 aliphatic carbocycles. The fourth-order valence-electron chi connectivity index (χ4n) is 1.39. The van der Waals surface area contributed by atoms with E-state index in [1.165, 1.54) is 5.56 Å². The molecule has 0 aromatic carbocycles. The minimum atomic E-state index is 0.727. The molecule has 0 saturated heterocycles. The smallest absolute Gasteiger partial charge is 0.126 e. The number of aromatic nitrogens is 3. The number of nitrogens with one attached hydrogen (secondary N) is 1. The SMILES string of the molecule is Cc1cc(NCc2ccnn2C)ncc1Br. The maximum atomic E-state index is 4.28. The number of hydrogen-bond acceptors (Lipinski definition) is 3. The Labute approximate surface area is 103 Å². The molecule has 2 heterocycles. The van der Waals surface area contributed by atoms with E-state index in [1.807, 2.05) is 30.8 Å². The lowest BCUT2D eigenvalue weighted by Gasteiger charge is -2.07. The molecular weight excluding hydrogens is 268 g/mol. The Morgan fingerprint density at radius 3 is 2.94 bits per heavy atom. The molecule has 0 spiro atoms. The lowest BCUT2D eigenvalue weighted by atomic mass is 10.3. The van der Waals surface area contributed by atoms with Crippen LogP contribution in [0.25, 0.3) is 0 Å². The van der Waals surface area contributed by atoms with Gasteiger partial charge in [0.25, 0.3) is 0 Å². The number of aryl methyl sites for hydroxylation is 2. The summed E-state index contributed by atoms with van der Waals surface area (Å²) in [6, 6.07) is 4.00. The average molecular weight is 281 g/mol. The zero-order chi connectivity index (χ0) is 11.5. The van der Waals surface area contributed by atoms with E-state index in [2.05, 4.69) is 31.3 Å². The first-order chi connectivity index (χ1) is 7.66. The third-order valence-corrected chi connectivity index (χ3v) is 3.25. The van der Waals surface area contributed by atoms with Gasteiger partial charge in [-0.05, 0) is 40.5 Å². The summed E-state index contributed by atoms with van der Waals surface area (Å²) in [6.07, 6.45) is 3.60. The van der Waals surface area contributed by atoms with E-state index in [9.17, 15) is 0 Å². The normalized spacial score (nSPS) is 10.4. The van der Waals surface area contributed by atoms with E-state index in [0.717, 1.165) is 22.5 Å². The van der Waals surface area contributed by atoms with E-state index in [1.54, 1.807) is 12.4 Å². The highest BCUT2D eigenvalue weighted by atomic mass is 79.9. The maximum absolute atomic E-state index is 4.28. The molecule has 2 rings (SSSR count). The van der Waals surface area contributed by atoms with Gasteiger partial charge in [-0.25, -0.2) is 4.98 Å². The Morgan fingerprint density at radius 2 is 2.31 bits per heavy atom. The van der Waals surface area contributed by atoms with Crippen LogP contribution in [0.5, 0.6) is 0 Å². The van der Waals surface area contributed by atoms with E-state index in [-0.39, 0.29) is 0 Å². The third-order valence-electron chi connectivity index (χ3n) is 2.42. The first-order valence-electron chi connectivity index (χ1n) is 4.99. The molecule has 1 N–H and O–H groups in total. The second-order valence-electron chi connectivity index (χ2n) is 3.62. The molecular formula is C11H13BrN4. The second-order valence-corrected chi connectivity index (χ2v) is 4.47. The van der Waals surface area contributed by atoms with Crippen LogP contribution in [-0.2, 0) is 13.6 Å². The van der Waals surface area contributed by atoms with Gasteiger partial charge in [0.1, 0.15) is 5.82 Å². The van der Waals surface area contributed by atoms with Crippen LogP contribution in [-0.4, -0.2) is 14.8 Å². The van der Waals surface area contributed by atoms with Crippen molar-refractivity contribution in [1.82, 2.24) is 14.8 Å². The number of pyridine rings is 1. The molecule has 0 saturated carbocycles. The molecule has 2 aromatic rings. The fraction of sp³-hybridized carbons (Fsp3) is 0.273. The van der Waals surface area contributed by atoms with Gasteiger partial charge >= 0.3 is 0 Å². The van der Waals surface area contributed by atoms with Crippen molar-refractivity contribution in [2.75, 3.05) is 5.32 Å². The van der Waals surface area contributed by atoms with Crippen LogP contribution in [0.3, 0.4) is 0 Å². The highest BCUT2D eigenvalue weighted by Crippen LogP contribution is 2.17. The Bertz CT molecular complexity index is 492. The van der Waals surface area contributed by atoms with Crippen molar-refractivity contribution < 1.29 is 0 Å². The Kier molecular flexibility index (Phi) is 3.24. The fourth-order valence-corrected chi connectivity index (χ4v) is 1.61. The molecule has 5 heteroatoms. The van der Waals surface area contributed by atoms with Gasteiger partial charge in [0.05, 0.1) is 12.2 Å². The maximum Gasteiger partial charge on any atom is 0.126 e. The van der Waals surface area contributed by atoms with E-state index >= 15 is 0 Å². The molecule has 0 aliphatic rings. The number of hydrogen-bond donors (Lipinski definition) is 1. The van der Waals surface area contributed by atoms with Crippen LogP contribution in [0.1, 0.15) is 11.3 Å². The zero-order valence-corrected chi connectivity index (χ0v) is 10.8. The lowest BCUT2D eigenvalue weighted by molar-refractivity contribution is 0.720. The van der Waals surface area contributed by atoms with E-state index < -0.39 is 0 Å². The highest BCUT2D eigenvalue weighted by molar-refractivity contribution is 9.10. The van der Waals surface area contributed by atoms with Crippen molar-refractivity contribution in [1.29, 1.82) is 0 Å². The summed E-state index contributed by atoms with van der Waals surface area (Å²) in [4.78, 5) is 4.28. The number of anilines is 1. The summed E-state index contributed by atoms with van der Waals surface area (Å²) in [5.41, 5.74) is 2.30. The minimum Gasteiger partial charge on any atom is -0.364 e. The molecule has 4 nitrogen and oxygen atoms in total. The van der Waals surface area contributed by atoms with E-state index in [4.69, 9.17) is 0 Å². The molecule has 0 radical (unpaired) electrons. The Hall–Kier alpha value is -1.36. The molecule has 0 bridgehead atoms. The third kappa shape index (κ3) is 2.41. The topological polar surface area (TPSA) is 42.7 Å². The lowest BCUT2D eigenvalue weighted by Crippen LogP contribution is -2.06. The molecule has 0 amide bonds. The Morgan fingerprint density at radius 1 is 1.50 bits per heavy atom. The van der Waals surface area contributed by atoms with Crippen molar-refractivity contribution in [3.63, 3.8) is 0 Å². The first-order valence-corrected chi connectivity index (χ1v) is 5.79. The average Bonchev–Trinajstić information content (AvgIpc) is 2.66.